The van der Waals surface area contributed by atoms with Crippen LogP contribution in [0.4, 0.5) is 4.79 Å². The monoisotopic (exact) mass is 381 g/mol. The molecule has 2 aromatic carbocycles. The molecular weight excluding hydrogens is 358 g/mol. The smallest absolute Gasteiger partial charge is 0.410 e. The average molecular weight is 381 g/mol. The molecular formula is C21H23N3O4. The fraction of sp³-hybridized carbons (Fsp3) is 0.381. The van der Waals surface area contributed by atoms with E-state index >= 15 is 0 Å². The van der Waals surface area contributed by atoms with Gasteiger partial charge in [0.15, 0.2) is 0 Å². The summed E-state index contributed by atoms with van der Waals surface area (Å²) in [6.07, 6.45) is -0.376. The summed E-state index contributed by atoms with van der Waals surface area (Å²) < 4.78 is 5.41. The molecule has 0 aliphatic carbocycles. The maximum absolute atomic E-state index is 13.1. The number of carbonyl (C=O) groups is 3. The molecule has 0 unspecified atom stereocenters. The third-order valence-electron chi connectivity index (χ3n) is 4.94. The number of hydrogen-bond acceptors (Lipinski definition) is 5. The van der Waals surface area contributed by atoms with E-state index in [1.54, 1.807) is 22.0 Å². The molecule has 2 aliphatic heterocycles. The van der Waals surface area contributed by atoms with Gasteiger partial charge in [-0.25, -0.2) is 14.8 Å². The van der Waals surface area contributed by atoms with Crippen molar-refractivity contribution < 1.29 is 19.1 Å². The Bertz CT molecular complexity index is 921. The van der Waals surface area contributed by atoms with Gasteiger partial charge >= 0.3 is 6.09 Å². The van der Waals surface area contributed by atoms with Crippen LogP contribution >= 0.6 is 0 Å². The molecule has 2 aromatic rings. The minimum atomic E-state index is -0.560. The van der Waals surface area contributed by atoms with Gasteiger partial charge in [0.1, 0.15) is 5.60 Å². The summed E-state index contributed by atoms with van der Waals surface area (Å²) in [4.78, 5) is 40.0. The van der Waals surface area contributed by atoms with E-state index in [2.05, 4.69) is 0 Å². The molecule has 0 atom stereocenters. The van der Waals surface area contributed by atoms with Crippen LogP contribution in [0.5, 0.6) is 0 Å². The molecule has 28 heavy (non-hydrogen) atoms. The summed E-state index contributed by atoms with van der Waals surface area (Å²) in [6.45, 7) is 7.01. The van der Waals surface area contributed by atoms with E-state index in [1.807, 2.05) is 45.0 Å². The number of piperazine rings is 1. The Hall–Kier alpha value is -2.93. The van der Waals surface area contributed by atoms with Crippen LogP contribution in [0.1, 0.15) is 41.5 Å². The van der Waals surface area contributed by atoms with Crippen LogP contribution in [0.15, 0.2) is 36.4 Å². The predicted octanol–water partition coefficient (Wildman–Crippen LogP) is 2.90. The van der Waals surface area contributed by atoms with E-state index in [4.69, 9.17) is 4.74 Å². The second-order valence-electron chi connectivity index (χ2n) is 8.05. The molecule has 4 rings (SSSR count). The maximum atomic E-state index is 13.1. The van der Waals surface area contributed by atoms with Gasteiger partial charge in [0.05, 0.1) is 11.1 Å². The van der Waals surface area contributed by atoms with E-state index in [-0.39, 0.29) is 17.9 Å². The number of hydrazine groups is 1. The first-order chi connectivity index (χ1) is 13.3. The fourth-order valence-electron chi connectivity index (χ4n) is 3.68. The van der Waals surface area contributed by atoms with Crippen molar-refractivity contribution in [1.82, 2.24) is 14.9 Å². The van der Waals surface area contributed by atoms with Crippen LogP contribution in [-0.4, -0.2) is 64.6 Å². The third-order valence-corrected chi connectivity index (χ3v) is 4.94. The number of benzene rings is 2. The van der Waals surface area contributed by atoms with Crippen LogP contribution < -0.4 is 0 Å². The van der Waals surface area contributed by atoms with Gasteiger partial charge < -0.3 is 9.64 Å². The lowest BCUT2D eigenvalue weighted by Crippen LogP contribution is -2.59. The highest BCUT2D eigenvalue weighted by molar-refractivity contribution is 6.25. The average Bonchev–Trinajstić information content (AvgIpc) is 2.65. The normalized spacial score (nSPS) is 18.0. The van der Waals surface area contributed by atoms with Gasteiger partial charge in [-0.2, -0.15) is 0 Å². The Labute approximate surface area is 163 Å². The molecule has 0 bridgehead atoms. The number of amides is 3. The number of rotatable bonds is 1. The van der Waals surface area contributed by atoms with E-state index < -0.39 is 5.60 Å². The number of carbonyl (C=O) groups excluding carboxylic acids is 3. The number of nitrogens with zero attached hydrogens (tertiary/aromatic N) is 3. The molecule has 1 saturated heterocycles. The van der Waals surface area contributed by atoms with Crippen LogP contribution in [0.3, 0.4) is 0 Å². The van der Waals surface area contributed by atoms with Crippen molar-refractivity contribution in [3.05, 3.63) is 47.5 Å². The van der Waals surface area contributed by atoms with E-state index in [9.17, 15) is 14.4 Å². The van der Waals surface area contributed by atoms with Crippen molar-refractivity contribution in [2.45, 2.75) is 26.4 Å². The van der Waals surface area contributed by atoms with Crippen LogP contribution in [-0.2, 0) is 4.74 Å². The Kier molecular flexibility index (Phi) is 4.34. The quantitative estimate of drug-likeness (QED) is 0.711. The van der Waals surface area contributed by atoms with Crippen molar-refractivity contribution in [2.24, 2.45) is 0 Å². The van der Waals surface area contributed by atoms with Gasteiger partial charge in [0.25, 0.3) is 11.8 Å². The SMILES string of the molecule is CC(C)(C)OC(=O)N1CCN(N2C(=O)c3cccc4cccc(c34)C2=O)CC1. The zero-order valence-corrected chi connectivity index (χ0v) is 16.3. The lowest BCUT2D eigenvalue weighted by Gasteiger charge is -2.41. The molecule has 0 saturated carbocycles. The minimum Gasteiger partial charge on any atom is -0.444 e. The van der Waals surface area contributed by atoms with Gasteiger partial charge in [-0.1, -0.05) is 24.3 Å². The van der Waals surface area contributed by atoms with Gasteiger partial charge in [-0.3, -0.25) is 9.59 Å². The highest BCUT2D eigenvalue weighted by Gasteiger charge is 2.38. The number of imide groups is 1. The largest absolute Gasteiger partial charge is 0.444 e. The molecule has 7 heteroatoms. The van der Waals surface area contributed by atoms with Crippen molar-refractivity contribution in [1.29, 1.82) is 0 Å². The Balaban J connectivity index is 1.55. The number of hydrogen-bond donors (Lipinski definition) is 0. The Morgan fingerprint density at radius 2 is 1.43 bits per heavy atom. The molecule has 3 amide bonds. The molecule has 0 spiro atoms. The fourth-order valence-corrected chi connectivity index (χ4v) is 3.68. The predicted molar refractivity (Wildman–Crippen MR) is 104 cm³/mol. The molecule has 0 aromatic heterocycles. The van der Waals surface area contributed by atoms with Crippen molar-refractivity contribution in [3.8, 4) is 0 Å². The second kappa shape index (κ2) is 6.60. The molecule has 1 fully saturated rings. The van der Waals surface area contributed by atoms with Crippen LogP contribution in [0.2, 0.25) is 0 Å². The number of ether oxygens (including phenoxy) is 1. The van der Waals surface area contributed by atoms with E-state index in [0.29, 0.717) is 42.7 Å². The highest BCUT2D eigenvalue weighted by Crippen LogP contribution is 2.31. The Morgan fingerprint density at radius 1 is 0.893 bits per heavy atom. The van der Waals surface area contributed by atoms with Gasteiger partial charge in [-0.15, -0.1) is 0 Å². The summed E-state index contributed by atoms with van der Waals surface area (Å²) in [7, 11) is 0. The zero-order valence-electron chi connectivity index (χ0n) is 16.3. The van der Waals surface area contributed by atoms with Gasteiger partial charge in [0, 0.05) is 31.6 Å². The molecule has 0 radical (unpaired) electrons. The summed E-state index contributed by atoms with van der Waals surface area (Å²) in [5.41, 5.74) is 0.500. The van der Waals surface area contributed by atoms with Crippen LogP contribution in [0, 0.1) is 0 Å². The second-order valence-corrected chi connectivity index (χ2v) is 8.05. The zero-order chi connectivity index (χ0) is 20.1. The molecule has 2 heterocycles. The summed E-state index contributed by atoms with van der Waals surface area (Å²) in [5.74, 6) is -0.639. The van der Waals surface area contributed by atoms with Gasteiger partial charge in [-0.05, 0) is 38.3 Å². The summed E-state index contributed by atoms with van der Waals surface area (Å²) >= 11 is 0. The van der Waals surface area contributed by atoms with Crippen LogP contribution in [0.25, 0.3) is 10.8 Å². The Morgan fingerprint density at radius 3 is 1.93 bits per heavy atom. The minimum absolute atomic E-state index is 0.319. The molecule has 7 nitrogen and oxygen atoms in total. The van der Waals surface area contributed by atoms with Gasteiger partial charge in [0.2, 0.25) is 0 Å². The highest BCUT2D eigenvalue weighted by atomic mass is 16.6. The van der Waals surface area contributed by atoms with Crippen molar-refractivity contribution in [2.75, 3.05) is 26.2 Å². The van der Waals surface area contributed by atoms with E-state index in [0.717, 1.165) is 5.39 Å². The molecule has 146 valence electrons. The maximum Gasteiger partial charge on any atom is 0.410 e. The summed E-state index contributed by atoms with van der Waals surface area (Å²) in [5, 5.41) is 4.54. The lowest BCUT2D eigenvalue weighted by molar-refractivity contribution is -0.0317. The molecule has 0 N–H and O–H groups in total. The first-order valence-corrected chi connectivity index (χ1v) is 9.39. The van der Waals surface area contributed by atoms with E-state index in [1.165, 1.54) is 5.01 Å². The third kappa shape index (κ3) is 3.11. The topological polar surface area (TPSA) is 70.2 Å². The lowest BCUT2D eigenvalue weighted by atomic mass is 9.95. The summed E-state index contributed by atoms with van der Waals surface area (Å²) in [6, 6.07) is 11.0. The molecule has 2 aliphatic rings. The van der Waals surface area contributed by atoms with Crippen molar-refractivity contribution in [3.63, 3.8) is 0 Å². The first-order valence-electron chi connectivity index (χ1n) is 9.39. The van der Waals surface area contributed by atoms with Crippen molar-refractivity contribution >= 4 is 28.7 Å². The standard InChI is InChI=1S/C21H23N3O4/c1-21(2,3)28-20(27)22-10-12-23(13-11-22)24-18(25)15-8-4-6-14-7-5-9-16(17(14)15)19(24)26/h4-9H,10-13H2,1-3H3. The first kappa shape index (κ1) is 18.4.